The van der Waals surface area contributed by atoms with Crippen molar-refractivity contribution in [2.45, 2.75) is 25.1 Å². The molecule has 2 heterocycles. The lowest BCUT2D eigenvalue weighted by molar-refractivity contribution is 0.275. The van der Waals surface area contributed by atoms with Gasteiger partial charge >= 0.3 is 0 Å². The van der Waals surface area contributed by atoms with Gasteiger partial charge in [-0.1, -0.05) is 18.8 Å². The lowest BCUT2D eigenvalue weighted by Crippen LogP contribution is -2.36. The van der Waals surface area contributed by atoms with Crippen molar-refractivity contribution in [1.82, 2.24) is 4.90 Å². The van der Waals surface area contributed by atoms with E-state index in [4.69, 9.17) is 5.11 Å². The average molecular weight is 281 g/mol. The molecule has 1 saturated heterocycles. The topological polar surface area (TPSA) is 23.5 Å². The molecular weight excluding hydrogens is 262 g/mol. The Balaban J connectivity index is 1.98. The summed E-state index contributed by atoms with van der Waals surface area (Å²) in [5.41, 5.74) is 1.08. The van der Waals surface area contributed by atoms with Crippen molar-refractivity contribution in [2.24, 2.45) is 0 Å². The first kappa shape index (κ1) is 14.0. The van der Waals surface area contributed by atoms with Gasteiger partial charge in [-0.2, -0.15) is 11.8 Å². The molecule has 0 saturated carbocycles. The highest BCUT2D eigenvalue weighted by Gasteiger charge is 2.19. The summed E-state index contributed by atoms with van der Waals surface area (Å²) in [7, 11) is 0. The second-order valence-electron chi connectivity index (χ2n) is 4.35. The van der Waals surface area contributed by atoms with Gasteiger partial charge in [0.15, 0.2) is 0 Å². The molecule has 0 bridgehead atoms. The number of aliphatic hydroxyl groups excluding tert-OH is 1. The average Bonchev–Trinajstić information content (AvgIpc) is 2.84. The maximum Gasteiger partial charge on any atom is 0.104 e. The summed E-state index contributed by atoms with van der Waals surface area (Å²) in [5, 5.41) is 11.6. The molecule has 1 aromatic heterocycles. The Labute approximate surface area is 117 Å². The van der Waals surface area contributed by atoms with E-state index in [1.165, 1.54) is 30.1 Å². The minimum absolute atomic E-state index is 0.0620. The van der Waals surface area contributed by atoms with Crippen LogP contribution >= 0.6 is 23.1 Å². The molecule has 0 aromatic carbocycles. The molecule has 4 heteroatoms. The maximum atomic E-state index is 8.76. The van der Waals surface area contributed by atoms with E-state index in [1.54, 1.807) is 11.3 Å². The third kappa shape index (κ3) is 3.76. The number of rotatable bonds is 3. The Morgan fingerprint density at radius 2 is 2.44 bits per heavy atom. The van der Waals surface area contributed by atoms with Gasteiger partial charge in [-0.05, 0) is 17.9 Å². The lowest BCUT2D eigenvalue weighted by atomic mass is 10.2. The molecule has 0 radical (unpaired) electrons. The Bertz CT molecular complexity index is 432. The Morgan fingerprint density at radius 3 is 3.22 bits per heavy atom. The van der Waals surface area contributed by atoms with Gasteiger partial charge in [0.1, 0.15) is 6.61 Å². The van der Waals surface area contributed by atoms with E-state index in [0.29, 0.717) is 0 Å². The van der Waals surface area contributed by atoms with E-state index in [9.17, 15) is 0 Å². The first-order valence-electron chi connectivity index (χ1n) is 6.33. The van der Waals surface area contributed by atoms with Crippen molar-refractivity contribution in [2.75, 3.05) is 25.4 Å². The molecule has 0 aliphatic carbocycles. The Hall–Kier alpha value is -0.470. The quantitative estimate of drug-likeness (QED) is 0.861. The van der Waals surface area contributed by atoms with Crippen LogP contribution in [0, 0.1) is 11.8 Å². The van der Waals surface area contributed by atoms with Crippen LogP contribution in [0.5, 0.6) is 0 Å². The Kier molecular flexibility index (Phi) is 5.58. The van der Waals surface area contributed by atoms with Crippen molar-refractivity contribution in [3.05, 3.63) is 21.9 Å². The highest BCUT2D eigenvalue weighted by Crippen LogP contribution is 2.24. The molecule has 0 spiro atoms. The van der Waals surface area contributed by atoms with Crippen LogP contribution in [-0.2, 0) is 6.54 Å². The summed E-state index contributed by atoms with van der Waals surface area (Å²) in [6, 6.07) is 2.05. The van der Waals surface area contributed by atoms with E-state index >= 15 is 0 Å². The van der Waals surface area contributed by atoms with E-state index in [-0.39, 0.29) is 6.61 Å². The highest BCUT2D eigenvalue weighted by molar-refractivity contribution is 8.00. The van der Waals surface area contributed by atoms with Gasteiger partial charge in [0.05, 0.1) is 0 Å². The SMILES string of the molecule is CCC1CN(Cc2sccc2C#CCO)CCS1. The number of thiophene rings is 1. The summed E-state index contributed by atoms with van der Waals surface area (Å²) < 4.78 is 0. The predicted molar refractivity (Wildman–Crippen MR) is 80.1 cm³/mol. The van der Waals surface area contributed by atoms with Crippen molar-refractivity contribution in [1.29, 1.82) is 0 Å². The molecule has 18 heavy (non-hydrogen) atoms. The summed E-state index contributed by atoms with van der Waals surface area (Å²) in [6.45, 7) is 5.57. The van der Waals surface area contributed by atoms with Gasteiger partial charge in [-0.25, -0.2) is 0 Å². The smallest absolute Gasteiger partial charge is 0.104 e. The van der Waals surface area contributed by atoms with Crippen LogP contribution < -0.4 is 0 Å². The van der Waals surface area contributed by atoms with Gasteiger partial charge in [0, 0.05) is 41.1 Å². The number of nitrogens with zero attached hydrogens (tertiary/aromatic N) is 1. The van der Waals surface area contributed by atoms with Gasteiger partial charge in [-0.15, -0.1) is 11.3 Å². The first-order valence-corrected chi connectivity index (χ1v) is 8.26. The van der Waals surface area contributed by atoms with Crippen LogP contribution in [0.25, 0.3) is 0 Å². The fourth-order valence-corrected chi connectivity index (χ4v) is 4.20. The molecule has 1 fully saturated rings. The molecule has 1 aromatic rings. The van der Waals surface area contributed by atoms with Gasteiger partial charge in [-0.3, -0.25) is 4.90 Å². The van der Waals surface area contributed by atoms with Crippen molar-refractivity contribution in [3.63, 3.8) is 0 Å². The molecule has 2 nitrogen and oxygen atoms in total. The second kappa shape index (κ2) is 7.20. The largest absolute Gasteiger partial charge is 0.384 e. The predicted octanol–water partition coefficient (Wildman–Crippen LogP) is 2.42. The van der Waals surface area contributed by atoms with Crippen molar-refractivity contribution >= 4 is 23.1 Å². The van der Waals surface area contributed by atoms with Gasteiger partial charge < -0.3 is 5.11 Å². The molecule has 0 amide bonds. The summed E-state index contributed by atoms with van der Waals surface area (Å²) in [4.78, 5) is 3.86. The van der Waals surface area contributed by atoms with Crippen LogP contribution in [0.15, 0.2) is 11.4 Å². The third-order valence-corrected chi connectivity index (χ3v) is 5.37. The van der Waals surface area contributed by atoms with Gasteiger partial charge in [0.2, 0.25) is 0 Å². The fraction of sp³-hybridized carbons (Fsp3) is 0.571. The highest BCUT2D eigenvalue weighted by atomic mass is 32.2. The lowest BCUT2D eigenvalue weighted by Gasteiger charge is -2.31. The summed E-state index contributed by atoms with van der Waals surface area (Å²) in [5.74, 6) is 7.01. The first-order chi connectivity index (χ1) is 8.83. The van der Waals surface area contributed by atoms with E-state index in [2.05, 4.69) is 46.9 Å². The zero-order valence-corrected chi connectivity index (χ0v) is 12.3. The zero-order chi connectivity index (χ0) is 12.8. The van der Waals surface area contributed by atoms with E-state index < -0.39 is 0 Å². The third-order valence-electron chi connectivity index (χ3n) is 3.09. The molecule has 1 aliphatic heterocycles. The monoisotopic (exact) mass is 281 g/mol. The number of aliphatic hydroxyl groups is 1. The maximum absolute atomic E-state index is 8.76. The van der Waals surface area contributed by atoms with Crippen molar-refractivity contribution < 1.29 is 5.11 Å². The summed E-state index contributed by atoms with van der Waals surface area (Å²) >= 11 is 3.87. The van der Waals surface area contributed by atoms with Crippen LogP contribution in [0.2, 0.25) is 0 Å². The van der Waals surface area contributed by atoms with Crippen LogP contribution in [0.1, 0.15) is 23.8 Å². The number of hydrogen-bond acceptors (Lipinski definition) is 4. The minimum atomic E-state index is -0.0620. The summed E-state index contributed by atoms with van der Waals surface area (Å²) in [6.07, 6.45) is 1.25. The molecule has 1 N–H and O–H groups in total. The molecule has 1 atom stereocenters. The van der Waals surface area contributed by atoms with Crippen molar-refractivity contribution in [3.8, 4) is 11.8 Å². The second-order valence-corrected chi connectivity index (χ2v) is 6.76. The normalized spacial score (nSPS) is 20.4. The van der Waals surface area contributed by atoms with Crippen LogP contribution in [0.4, 0.5) is 0 Å². The van der Waals surface area contributed by atoms with E-state index in [1.807, 2.05) is 0 Å². The van der Waals surface area contributed by atoms with Gasteiger partial charge in [0.25, 0.3) is 0 Å². The number of thioether (sulfide) groups is 1. The molecule has 1 aliphatic rings. The molecule has 98 valence electrons. The van der Waals surface area contributed by atoms with E-state index in [0.717, 1.165) is 17.4 Å². The minimum Gasteiger partial charge on any atom is -0.384 e. The Morgan fingerprint density at radius 1 is 1.56 bits per heavy atom. The number of hydrogen-bond donors (Lipinski definition) is 1. The fourth-order valence-electron chi connectivity index (χ4n) is 2.08. The standard InChI is InChI=1S/C14H19NOS2/c1-2-13-10-15(6-9-17-13)11-14-12(4-3-7-16)5-8-18-14/h5,8,13,16H,2,6-7,9-11H2,1H3. The molecule has 2 rings (SSSR count). The molecule has 1 unspecified atom stereocenters. The molecular formula is C14H19NOS2. The van der Waals surface area contributed by atoms with Crippen LogP contribution in [-0.4, -0.2) is 40.7 Å². The van der Waals surface area contributed by atoms with Crippen LogP contribution in [0.3, 0.4) is 0 Å². The zero-order valence-electron chi connectivity index (χ0n) is 10.7.